The van der Waals surface area contributed by atoms with E-state index < -0.39 is 33.9 Å². The summed E-state index contributed by atoms with van der Waals surface area (Å²) in [6.45, 7) is 1.50. The number of hydrogen-bond acceptors (Lipinski definition) is 6. The Morgan fingerprint density at radius 3 is 2.12 bits per heavy atom. The highest BCUT2D eigenvalue weighted by atomic mass is 32.2. The van der Waals surface area contributed by atoms with Crippen molar-refractivity contribution in [2.24, 2.45) is 11.7 Å². The third kappa shape index (κ3) is 7.82. The summed E-state index contributed by atoms with van der Waals surface area (Å²) >= 11 is 0. The van der Waals surface area contributed by atoms with Crippen molar-refractivity contribution in [1.29, 1.82) is 0 Å². The summed E-state index contributed by atoms with van der Waals surface area (Å²) in [5.41, 5.74) is 5.24. The Hall–Kier alpha value is -2.83. The Kier molecular flexibility index (Phi) is 9.87. The number of nitrogens with zero attached hydrogens (tertiary/aromatic N) is 2. The molecule has 2 saturated heterocycles. The average molecular weight is 624 g/mol. The van der Waals surface area contributed by atoms with Crippen LogP contribution in [-0.4, -0.2) is 68.0 Å². The highest BCUT2D eigenvalue weighted by molar-refractivity contribution is 7.89. The summed E-state index contributed by atoms with van der Waals surface area (Å²) in [5.74, 6) is 1.03. The molecule has 0 bridgehead atoms. The van der Waals surface area contributed by atoms with E-state index in [0.717, 1.165) is 25.0 Å². The molecular weight excluding hydrogens is 583 g/mol. The molecule has 2 N–H and O–H groups in total. The monoisotopic (exact) mass is 623 g/mol. The minimum absolute atomic E-state index is 0.00941. The number of hydrogen-bond donors (Lipinski definition) is 1. The molecular formula is C31H40F3N3O5S. The summed E-state index contributed by atoms with van der Waals surface area (Å²) in [7, 11) is -4.05. The molecule has 2 aromatic carbocycles. The van der Waals surface area contributed by atoms with Crippen molar-refractivity contribution >= 4 is 15.9 Å². The Labute approximate surface area is 251 Å². The van der Waals surface area contributed by atoms with Crippen LogP contribution in [0.4, 0.5) is 13.2 Å². The summed E-state index contributed by atoms with van der Waals surface area (Å²) < 4.78 is 79.9. The quantitative estimate of drug-likeness (QED) is 0.433. The average Bonchev–Trinajstić information content (AvgIpc) is 3.00. The number of likely N-dealkylation sites (tertiary alicyclic amines) is 1. The van der Waals surface area contributed by atoms with Crippen molar-refractivity contribution in [1.82, 2.24) is 9.21 Å². The number of piperidine rings is 2. The van der Waals surface area contributed by atoms with E-state index in [2.05, 4.69) is 0 Å². The maximum atomic E-state index is 13.9. The molecule has 2 aromatic rings. The van der Waals surface area contributed by atoms with Gasteiger partial charge in [-0.25, -0.2) is 8.42 Å². The lowest BCUT2D eigenvalue weighted by Gasteiger charge is -2.41. The standard InChI is InChI=1S/C31H40F3N3O5S/c32-31(33,34)23-6-8-26(9-7-23)42-27-16-19-37(29(20-27)30(38)36-17-14-24(35)15-18-36)43(39,40)28-12-10-25(11-13-28)41-21-22-4-2-1-3-5-22/h6-13,22,24,27,29H,1-5,14-21,35H2/t27-,29+/m1/s1. The van der Waals surface area contributed by atoms with Crippen LogP contribution in [0, 0.1) is 5.92 Å². The molecule has 1 amide bonds. The van der Waals surface area contributed by atoms with Crippen molar-refractivity contribution in [2.75, 3.05) is 26.2 Å². The zero-order chi connectivity index (χ0) is 30.6. The van der Waals surface area contributed by atoms with Gasteiger partial charge in [0.2, 0.25) is 15.9 Å². The van der Waals surface area contributed by atoms with Crippen molar-refractivity contribution in [3.63, 3.8) is 0 Å². The third-order valence-electron chi connectivity index (χ3n) is 8.77. The summed E-state index contributed by atoms with van der Waals surface area (Å²) in [5, 5.41) is 0. The van der Waals surface area contributed by atoms with Gasteiger partial charge in [-0.2, -0.15) is 17.5 Å². The van der Waals surface area contributed by atoms with Crippen LogP contribution in [0.25, 0.3) is 0 Å². The lowest BCUT2D eigenvalue weighted by atomic mass is 9.90. The first kappa shape index (κ1) is 31.6. The van der Waals surface area contributed by atoms with Crippen molar-refractivity contribution in [3.8, 4) is 11.5 Å². The Morgan fingerprint density at radius 2 is 1.49 bits per heavy atom. The van der Waals surface area contributed by atoms with Gasteiger partial charge in [-0.3, -0.25) is 4.79 Å². The fourth-order valence-corrected chi connectivity index (χ4v) is 7.79. The molecule has 0 aromatic heterocycles. The summed E-state index contributed by atoms with van der Waals surface area (Å²) in [4.78, 5) is 15.5. The van der Waals surface area contributed by atoms with E-state index in [-0.39, 0.29) is 42.0 Å². The fraction of sp³-hybridized carbons (Fsp3) is 0.581. The lowest BCUT2D eigenvalue weighted by Crippen LogP contribution is -2.57. The zero-order valence-electron chi connectivity index (χ0n) is 24.2. The second-order valence-corrected chi connectivity index (χ2v) is 13.8. The van der Waals surface area contributed by atoms with Gasteiger partial charge >= 0.3 is 6.18 Å². The fourth-order valence-electron chi connectivity index (χ4n) is 6.19. The van der Waals surface area contributed by atoms with E-state index in [9.17, 15) is 26.4 Å². The first-order chi connectivity index (χ1) is 20.5. The van der Waals surface area contributed by atoms with E-state index in [0.29, 0.717) is 44.2 Å². The van der Waals surface area contributed by atoms with Crippen LogP contribution < -0.4 is 15.2 Å². The number of amides is 1. The summed E-state index contributed by atoms with van der Waals surface area (Å²) in [6, 6.07) is 9.67. The van der Waals surface area contributed by atoms with Crippen LogP contribution >= 0.6 is 0 Å². The van der Waals surface area contributed by atoms with Crippen LogP contribution in [0.5, 0.6) is 11.5 Å². The SMILES string of the molecule is NC1CCN(C(=O)[C@@H]2C[C@H](Oc3ccc(C(F)(F)F)cc3)CCN2S(=O)(=O)c2ccc(OCC3CCCCC3)cc2)CC1. The number of ether oxygens (including phenoxy) is 2. The molecule has 3 fully saturated rings. The second kappa shape index (κ2) is 13.4. The van der Waals surface area contributed by atoms with Crippen LogP contribution in [0.1, 0.15) is 63.4 Å². The van der Waals surface area contributed by atoms with Crippen molar-refractivity contribution in [3.05, 3.63) is 54.1 Å². The number of alkyl halides is 3. The van der Waals surface area contributed by atoms with Crippen LogP contribution in [0.2, 0.25) is 0 Å². The molecule has 2 aliphatic heterocycles. The van der Waals surface area contributed by atoms with Gasteiger partial charge in [0.1, 0.15) is 23.6 Å². The molecule has 43 heavy (non-hydrogen) atoms. The number of carbonyl (C=O) groups is 1. The molecule has 1 aliphatic carbocycles. The van der Waals surface area contributed by atoms with Gasteiger partial charge < -0.3 is 20.1 Å². The predicted octanol–water partition coefficient (Wildman–Crippen LogP) is 5.21. The van der Waals surface area contributed by atoms with Crippen LogP contribution in [-0.2, 0) is 21.0 Å². The van der Waals surface area contributed by atoms with E-state index in [1.54, 1.807) is 17.0 Å². The molecule has 0 radical (unpaired) electrons. The number of halogens is 3. The molecule has 12 heteroatoms. The van der Waals surface area contributed by atoms with E-state index in [1.165, 1.54) is 47.8 Å². The Bertz CT molecular complexity index is 1320. The Morgan fingerprint density at radius 1 is 0.860 bits per heavy atom. The van der Waals surface area contributed by atoms with Gasteiger partial charge in [0.25, 0.3) is 0 Å². The number of sulfonamides is 1. The molecule has 2 atom stereocenters. The molecule has 8 nitrogen and oxygen atoms in total. The normalized spacial score (nSPS) is 23.2. The van der Waals surface area contributed by atoms with E-state index >= 15 is 0 Å². The molecule has 0 spiro atoms. The first-order valence-corrected chi connectivity index (χ1v) is 16.6. The molecule has 2 heterocycles. The largest absolute Gasteiger partial charge is 0.493 e. The molecule has 3 aliphatic rings. The van der Waals surface area contributed by atoms with Gasteiger partial charge in [0.05, 0.1) is 17.1 Å². The van der Waals surface area contributed by atoms with E-state index in [1.807, 2.05) is 0 Å². The van der Waals surface area contributed by atoms with Gasteiger partial charge in [0, 0.05) is 32.1 Å². The third-order valence-corrected chi connectivity index (χ3v) is 10.7. The second-order valence-electron chi connectivity index (χ2n) is 11.9. The maximum Gasteiger partial charge on any atom is 0.416 e. The summed E-state index contributed by atoms with van der Waals surface area (Å²) in [6.07, 6.45) is 2.54. The molecule has 0 unspecified atom stereocenters. The first-order valence-electron chi connectivity index (χ1n) is 15.1. The number of carbonyl (C=O) groups excluding carboxylic acids is 1. The van der Waals surface area contributed by atoms with Crippen LogP contribution in [0.3, 0.4) is 0 Å². The zero-order valence-corrected chi connectivity index (χ0v) is 25.0. The topological polar surface area (TPSA) is 102 Å². The predicted molar refractivity (Wildman–Crippen MR) is 155 cm³/mol. The van der Waals surface area contributed by atoms with Gasteiger partial charge in [-0.05, 0) is 86.6 Å². The number of rotatable bonds is 8. The van der Waals surface area contributed by atoms with Gasteiger partial charge in [-0.15, -0.1) is 0 Å². The molecule has 5 rings (SSSR count). The van der Waals surface area contributed by atoms with Gasteiger partial charge in [-0.1, -0.05) is 19.3 Å². The Balaban J connectivity index is 1.31. The highest BCUT2D eigenvalue weighted by Gasteiger charge is 2.43. The number of nitrogens with two attached hydrogens (primary N) is 1. The minimum Gasteiger partial charge on any atom is -0.493 e. The maximum absolute atomic E-state index is 13.9. The minimum atomic E-state index is -4.47. The van der Waals surface area contributed by atoms with Crippen LogP contribution in [0.15, 0.2) is 53.4 Å². The molecule has 1 saturated carbocycles. The smallest absolute Gasteiger partial charge is 0.416 e. The van der Waals surface area contributed by atoms with Crippen molar-refractivity contribution in [2.45, 2.75) is 87.0 Å². The highest BCUT2D eigenvalue weighted by Crippen LogP contribution is 2.33. The van der Waals surface area contributed by atoms with Crippen molar-refractivity contribution < 1.29 is 35.9 Å². The lowest BCUT2D eigenvalue weighted by molar-refractivity contribution is -0.139. The number of benzene rings is 2. The van der Waals surface area contributed by atoms with Gasteiger partial charge in [0.15, 0.2) is 0 Å². The molecule has 236 valence electrons. The van der Waals surface area contributed by atoms with E-state index in [4.69, 9.17) is 15.2 Å².